The van der Waals surface area contributed by atoms with Crippen molar-refractivity contribution in [2.24, 2.45) is 0 Å². The lowest BCUT2D eigenvalue weighted by molar-refractivity contribution is 0.588. The van der Waals surface area contributed by atoms with E-state index in [0.29, 0.717) is 38.4 Å². The molecule has 4 rings (SSSR count). The van der Waals surface area contributed by atoms with E-state index in [0.717, 1.165) is 5.56 Å². The molecule has 0 aliphatic carbocycles. The Morgan fingerprint density at radius 2 is 1.85 bits per heavy atom. The highest BCUT2D eigenvalue weighted by molar-refractivity contribution is 7.69. The number of benzene rings is 1. The standard InChI is InChI=1S/C24H22ClF2N4OP/c1-13(15-6-5-7-17(26)10-15)30-24-21(25)14(2)29-19-11-18(27)22(31-23(19)24)16-8-9-20(28-12-16)33(3,4)32/h5-13H,1-4H3,(H,29,30)/t13-/m1/s1. The monoisotopic (exact) mass is 486 g/mol. The fourth-order valence-corrected chi connectivity index (χ4v) is 4.47. The van der Waals surface area contributed by atoms with Gasteiger partial charge >= 0.3 is 0 Å². The number of hydrogen-bond acceptors (Lipinski definition) is 5. The molecule has 0 fully saturated rings. The van der Waals surface area contributed by atoms with Gasteiger partial charge < -0.3 is 9.88 Å². The Bertz CT molecular complexity index is 1410. The molecule has 0 unspecified atom stereocenters. The zero-order valence-electron chi connectivity index (χ0n) is 18.5. The van der Waals surface area contributed by atoms with Crippen molar-refractivity contribution in [2.75, 3.05) is 18.6 Å². The lowest BCUT2D eigenvalue weighted by atomic mass is 10.1. The normalized spacial score (nSPS) is 12.7. The summed E-state index contributed by atoms with van der Waals surface area (Å²) in [5.74, 6) is -0.906. The summed E-state index contributed by atoms with van der Waals surface area (Å²) in [5, 5.41) is 3.64. The number of aryl methyl sites for hydroxylation is 1. The Morgan fingerprint density at radius 1 is 1.09 bits per heavy atom. The van der Waals surface area contributed by atoms with Crippen LogP contribution in [0.2, 0.25) is 5.02 Å². The first-order chi connectivity index (χ1) is 15.5. The molecular weight excluding hydrogens is 465 g/mol. The molecule has 0 amide bonds. The van der Waals surface area contributed by atoms with Gasteiger partial charge in [0.15, 0.2) is 5.82 Å². The van der Waals surface area contributed by atoms with Gasteiger partial charge in [0.25, 0.3) is 0 Å². The topological polar surface area (TPSA) is 67.8 Å². The highest BCUT2D eigenvalue weighted by Crippen LogP contribution is 2.37. The van der Waals surface area contributed by atoms with Gasteiger partial charge in [-0.05, 0) is 57.0 Å². The zero-order chi connectivity index (χ0) is 23.9. The minimum Gasteiger partial charge on any atom is -0.375 e. The van der Waals surface area contributed by atoms with Crippen LogP contribution in [-0.2, 0) is 4.57 Å². The van der Waals surface area contributed by atoms with Gasteiger partial charge in [-0.2, -0.15) is 0 Å². The fourth-order valence-electron chi connectivity index (χ4n) is 3.52. The zero-order valence-corrected chi connectivity index (χ0v) is 20.2. The first-order valence-electron chi connectivity index (χ1n) is 10.2. The Balaban J connectivity index is 1.83. The SMILES string of the molecule is Cc1nc2cc(F)c(-c3ccc(P(C)(C)=O)nc3)nc2c(N[C@H](C)c2cccc(F)c2)c1Cl. The molecule has 0 radical (unpaired) electrons. The van der Waals surface area contributed by atoms with Gasteiger partial charge in [-0.25, -0.2) is 18.7 Å². The number of pyridine rings is 3. The van der Waals surface area contributed by atoms with Crippen LogP contribution in [0.15, 0.2) is 48.7 Å². The van der Waals surface area contributed by atoms with E-state index < -0.39 is 13.0 Å². The summed E-state index contributed by atoms with van der Waals surface area (Å²) < 4.78 is 41.0. The molecule has 0 spiro atoms. The molecule has 3 aromatic heterocycles. The van der Waals surface area contributed by atoms with Gasteiger partial charge in [0.2, 0.25) is 0 Å². The second-order valence-corrected chi connectivity index (χ2v) is 11.8. The van der Waals surface area contributed by atoms with E-state index in [4.69, 9.17) is 11.6 Å². The number of anilines is 1. The average molecular weight is 487 g/mol. The van der Waals surface area contributed by atoms with Crippen molar-refractivity contribution in [2.45, 2.75) is 19.9 Å². The van der Waals surface area contributed by atoms with Crippen molar-refractivity contribution >= 4 is 40.9 Å². The van der Waals surface area contributed by atoms with E-state index in [-0.39, 0.29) is 17.6 Å². The Kier molecular flexibility index (Phi) is 6.21. The van der Waals surface area contributed by atoms with Crippen LogP contribution in [-0.4, -0.2) is 28.3 Å². The number of nitrogens with zero attached hydrogens (tertiary/aromatic N) is 3. The molecule has 9 heteroatoms. The van der Waals surface area contributed by atoms with Crippen LogP contribution in [0.5, 0.6) is 0 Å². The van der Waals surface area contributed by atoms with Crippen LogP contribution < -0.4 is 10.8 Å². The summed E-state index contributed by atoms with van der Waals surface area (Å²) in [4.78, 5) is 13.2. The molecule has 33 heavy (non-hydrogen) atoms. The smallest absolute Gasteiger partial charge is 0.151 e. The summed E-state index contributed by atoms with van der Waals surface area (Å²) >= 11 is 6.57. The maximum absolute atomic E-state index is 15.0. The van der Waals surface area contributed by atoms with Crippen LogP contribution in [0.1, 0.15) is 24.2 Å². The first-order valence-corrected chi connectivity index (χ1v) is 13.2. The largest absolute Gasteiger partial charge is 0.375 e. The minimum atomic E-state index is -2.54. The molecule has 0 saturated heterocycles. The van der Waals surface area contributed by atoms with Gasteiger partial charge in [0, 0.05) is 23.9 Å². The maximum Gasteiger partial charge on any atom is 0.151 e. The molecule has 5 nitrogen and oxygen atoms in total. The van der Waals surface area contributed by atoms with Crippen molar-refractivity contribution in [3.05, 3.63) is 76.6 Å². The minimum absolute atomic E-state index is 0.0757. The number of hydrogen-bond donors (Lipinski definition) is 1. The molecule has 0 aliphatic rings. The van der Waals surface area contributed by atoms with Gasteiger partial charge in [0.05, 0.1) is 27.4 Å². The highest BCUT2D eigenvalue weighted by atomic mass is 35.5. The third-order valence-electron chi connectivity index (χ3n) is 5.30. The van der Waals surface area contributed by atoms with Crippen molar-refractivity contribution in [1.29, 1.82) is 0 Å². The van der Waals surface area contributed by atoms with Crippen molar-refractivity contribution in [1.82, 2.24) is 15.0 Å². The predicted molar refractivity (Wildman–Crippen MR) is 130 cm³/mol. The van der Waals surface area contributed by atoms with Gasteiger partial charge in [-0.1, -0.05) is 23.7 Å². The Morgan fingerprint density at radius 3 is 2.48 bits per heavy atom. The van der Waals surface area contributed by atoms with E-state index in [1.54, 1.807) is 44.5 Å². The number of rotatable bonds is 5. The summed E-state index contributed by atoms with van der Waals surface area (Å²) in [5.41, 5.74) is 3.40. The van der Waals surface area contributed by atoms with E-state index in [9.17, 15) is 13.3 Å². The quantitative estimate of drug-likeness (QED) is 0.333. The van der Waals surface area contributed by atoms with Crippen molar-refractivity contribution in [3.8, 4) is 11.3 Å². The van der Waals surface area contributed by atoms with Crippen LogP contribution in [0, 0.1) is 18.6 Å². The third kappa shape index (κ3) is 4.75. The molecule has 170 valence electrons. The van der Waals surface area contributed by atoms with Crippen molar-refractivity contribution in [3.63, 3.8) is 0 Å². The molecule has 1 N–H and O–H groups in total. The summed E-state index contributed by atoms with van der Waals surface area (Å²) in [6.45, 7) is 6.84. The van der Waals surface area contributed by atoms with Crippen LogP contribution in [0.4, 0.5) is 14.5 Å². The van der Waals surface area contributed by atoms with Gasteiger partial charge in [-0.15, -0.1) is 0 Å². The van der Waals surface area contributed by atoms with E-state index in [1.165, 1.54) is 24.4 Å². The maximum atomic E-state index is 15.0. The second kappa shape index (κ2) is 8.81. The summed E-state index contributed by atoms with van der Waals surface area (Å²) in [6, 6.07) is 10.5. The second-order valence-electron chi connectivity index (χ2n) is 8.25. The molecule has 1 aromatic carbocycles. The van der Waals surface area contributed by atoms with E-state index in [2.05, 4.69) is 20.3 Å². The van der Waals surface area contributed by atoms with Gasteiger partial charge in [0.1, 0.15) is 24.2 Å². The Hall–Kier alpha value is -2.89. The average Bonchev–Trinajstić information content (AvgIpc) is 2.76. The lowest BCUT2D eigenvalue weighted by Gasteiger charge is -2.19. The predicted octanol–water partition coefficient (Wildman–Crippen LogP) is 6.35. The van der Waals surface area contributed by atoms with Crippen LogP contribution in [0.3, 0.4) is 0 Å². The molecule has 0 bridgehead atoms. The van der Waals surface area contributed by atoms with Crippen molar-refractivity contribution < 1.29 is 13.3 Å². The number of fused-ring (bicyclic) bond motifs is 1. The van der Waals surface area contributed by atoms with E-state index in [1.807, 2.05) is 6.92 Å². The van der Waals surface area contributed by atoms with Gasteiger partial charge in [-0.3, -0.25) is 4.98 Å². The summed E-state index contributed by atoms with van der Waals surface area (Å²) in [6.07, 6.45) is 1.46. The van der Waals surface area contributed by atoms with E-state index >= 15 is 0 Å². The Labute approximate surface area is 195 Å². The summed E-state index contributed by atoms with van der Waals surface area (Å²) in [7, 11) is -2.54. The highest BCUT2D eigenvalue weighted by Gasteiger charge is 2.20. The molecule has 0 saturated carbocycles. The van der Waals surface area contributed by atoms with Crippen LogP contribution in [0.25, 0.3) is 22.3 Å². The number of nitrogens with one attached hydrogen (secondary N) is 1. The van der Waals surface area contributed by atoms with Crippen LogP contribution >= 0.6 is 18.7 Å². The fraction of sp³-hybridized carbons (Fsp3) is 0.208. The first kappa shape index (κ1) is 23.3. The molecular formula is C24H22ClF2N4OP. The molecule has 4 aromatic rings. The number of halogens is 3. The third-order valence-corrected chi connectivity index (χ3v) is 7.13. The lowest BCUT2D eigenvalue weighted by Crippen LogP contribution is -2.10. The number of aromatic nitrogens is 3. The molecule has 1 atom stereocenters. The molecule has 0 aliphatic heterocycles. The molecule has 3 heterocycles.